The zero-order valence-corrected chi connectivity index (χ0v) is 21.6. The van der Waals surface area contributed by atoms with Crippen molar-refractivity contribution >= 4 is 35.8 Å². The minimum Gasteiger partial charge on any atom is -0.493 e. The van der Waals surface area contributed by atoms with Gasteiger partial charge in [-0.25, -0.2) is 0 Å². The van der Waals surface area contributed by atoms with Crippen molar-refractivity contribution in [2.24, 2.45) is 4.99 Å². The maximum atomic E-state index is 12.4. The number of carbonyl (C=O) groups is 1. The van der Waals surface area contributed by atoms with Gasteiger partial charge in [-0.1, -0.05) is 6.07 Å². The van der Waals surface area contributed by atoms with E-state index in [4.69, 9.17) is 14.2 Å². The zero-order valence-electron chi connectivity index (χ0n) is 19.3. The van der Waals surface area contributed by atoms with Gasteiger partial charge in [-0.05, 0) is 33.3 Å². The first kappa shape index (κ1) is 28.1. The monoisotopic (exact) mass is 536 g/mol. The fraction of sp³-hybridized carbons (Fsp3) is 0.619. The average Bonchev–Trinajstić information content (AvgIpc) is 2.73. The highest BCUT2D eigenvalue weighted by Crippen LogP contribution is 2.39. The Bertz CT molecular complexity index is 681. The van der Waals surface area contributed by atoms with Gasteiger partial charge in [-0.2, -0.15) is 0 Å². The lowest BCUT2D eigenvalue weighted by Crippen LogP contribution is -2.45. The van der Waals surface area contributed by atoms with Crippen LogP contribution in [0.4, 0.5) is 0 Å². The molecule has 0 heterocycles. The summed E-state index contributed by atoms with van der Waals surface area (Å²) in [5.74, 6) is 2.64. The number of halogens is 1. The van der Waals surface area contributed by atoms with E-state index < -0.39 is 0 Å². The summed E-state index contributed by atoms with van der Waals surface area (Å²) in [4.78, 5) is 20.7. The van der Waals surface area contributed by atoms with Crippen LogP contribution in [0.2, 0.25) is 0 Å². The van der Waals surface area contributed by atoms with Crippen LogP contribution in [-0.2, 0) is 11.2 Å². The molecule has 0 fully saturated rings. The first-order chi connectivity index (χ1) is 14.0. The molecule has 172 valence electrons. The van der Waals surface area contributed by atoms with E-state index in [1.54, 1.807) is 21.3 Å². The fourth-order valence-electron chi connectivity index (χ4n) is 3.07. The number of nitrogens with zero attached hydrogens (tertiary/aromatic N) is 3. The standard InChI is InChI=1S/C21H36N4O4.HI/c1-8-22-21(24(4)15-18(26)25(9-2)10-3)23-14-13-16-11-12-17(27-5)20(29-7)19(16)28-6;/h11-12H,8-10,13-15H2,1-7H3,(H,22,23);1H. The van der Waals surface area contributed by atoms with E-state index in [1.807, 2.05) is 49.8 Å². The predicted octanol–water partition coefficient (Wildman–Crippen LogP) is 2.64. The number of hydrogen-bond donors (Lipinski definition) is 1. The van der Waals surface area contributed by atoms with Crippen LogP contribution >= 0.6 is 24.0 Å². The van der Waals surface area contributed by atoms with Crippen LogP contribution in [0.3, 0.4) is 0 Å². The summed E-state index contributed by atoms with van der Waals surface area (Å²) >= 11 is 0. The van der Waals surface area contributed by atoms with Crippen molar-refractivity contribution in [1.82, 2.24) is 15.1 Å². The van der Waals surface area contributed by atoms with Gasteiger partial charge in [0, 0.05) is 38.8 Å². The van der Waals surface area contributed by atoms with Crippen molar-refractivity contribution in [2.75, 3.05) is 61.1 Å². The first-order valence-corrected chi connectivity index (χ1v) is 10.0. The lowest BCUT2D eigenvalue weighted by molar-refractivity contribution is -0.131. The van der Waals surface area contributed by atoms with Gasteiger partial charge in [-0.15, -0.1) is 24.0 Å². The molecule has 8 nitrogen and oxygen atoms in total. The summed E-state index contributed by atoms with van der Waals surface area (Å²) in [7, 11) is 6.67. The van der Waals surface area contributed by atoms with Crippen molar-refractivity contribution in [1.29, 1.82) is 0 Å². The lowest BCUT2D eigenvalue weighted by atomic mass is 10.1. The molecule has 1 aromatic carbocycles. The Morgan fingerprint density at radius 3 is 2.17 bits per heavy atom. The van der Waals surface area contributed by atoms with Crippen LogP contribution in [0.1, 0.15) is 26.3 Å². The topological polar surface area (TPSA) is 75.6 Å². The van der Waals surface area contributed by atoms with E-state index in [9.17, 15) is 4.79 Å². The highest BCUT2D eigenvalue weighted by atomic mass is 127. The molecule has 0 aromatic heterocycles. The Kier molecular flexibility index (Phi) is 14.0. The quantitative estimate of drug-likeness (QED) is 0.266. The molecule has 1 rings (SSSR count). The number of hydrogen-bond acceptors (Lipinski definition) is 5. The van der Waals surface area contributed by atoms with E-state index in [2.05, 4.69) is 10.3 Å². The molecular formula is C21H37IN4O4. The molecule has 0 aliphatic carbocycles. The van der Waals surface area contributed by atoms with Crippen molar-refractivity contribution in [2.45, 2.75) is 27.2 Å². The Morgan fingerprint density at radius 2 is 1.67 bits per heavy atom. The van der Waals surface area contributed by atoms with E-state index >= 15 is 0 Å². The maximum Gasteiger partial charge on any atom is 0.242 e. The zero-order chi connectivity index (χ0) is 21.8. The van der Waals surface area contributed by atoms with Crippen molar-refractivity contribution < 1.29 is 19.0 Å². The highest BCUT2D eigenvalue weighted by molar-refractivity contribution is 14.0. The summed E-state index contributed by atoms with van der Waals surface area (Å²) in [6.07, 6.45) is 0.663. The molecule has 0 spiro atoms. The van der Waals surface area contributed by atoms with Crippen LogP contribution < -0.4 is 19.5 Å². The molecule has 0 bridgehead atoms. The number of ether oxygens (including phenoxy) is 3. The molecule has 0 atom stereocenters. The van der Waals surface area contributed by atoms with Crippen LogP contribution in [0.15, 0.2) is 17.1 Å². The van der Waals surface area contributed by atoms with E-state index in [0.29, 0.717) is 49.3 Å². The number of amides is 1. The fourth-order valence-corrected chi connectivity index (χ4v) is 3.07. The first-order valence-electron chi connectivity index (χ1n) is 10.0. The second kappa shape index (κ2) is 15.0. The lowest BCUT2D eigenvalue weighted by Gasteiger charge is -2.25. The van der Waals surface area contributed by atoms with Gasteiger partial charge >= 0.3 is 0 Å². The molecule has 1 aromatic rings. The second-order valence-electron chi connectivity index (χ2n) is 6.40. The minimum absolute atomic E-state index is 0. The number of rotatable bonds is 11. The van der Waals surface area contributed by atoms with Gasteiger partial charge in [-0.3, -0.25) is 9.79 Å². The molecule has 1 amide bonds. The number of guanidine groups is 1. The molecule has 30 heavy (non-hydrogen) atoms. The third kappa shape index (κ3) is 7.73. The number of aliphatic imine (C=N–C) groups is 1. The SMILES string of the molecule is CCNC(=NCCc1ccc(OC)c(OC)c1OC)N(C)CC(=O)N(CC)CC.I. The van der Waals surface area contributed by atoms with Crippen LogP contribution in [-0.4, -0.2) is 82.8 Å². The summed E-state index contributed by atoms with van der Waals surface area (Å²) in [5, 5.41) is 3.25. The Morgan fingerprint density at radius 1 is 1.03 bits per heavy atom. The van der Waals surface area contributed by atoms with Crippen molar-refractivity contribution in [3.05, 3.63) is 17.7 Å². The number of likely N-dealkylation sites (N-methyl/N-ethyl adjacent to an activating group) is 2. The number of benzene rings is 1. The normalized spacial score (nSPS) is 10.7. The maximum absolute atomic E-state index is 12.4. The second-order valence-corrected chi connectivity index (χ2v) is 6.40. The van der Waals surface area contributed by atoms with E-state index in [1.165, 1.54) is 0 Å². The number of methoxy groups -OCH3 is 3. The summed E-state index contributed by atoms with van der Waals surface area (Å²) in [6.45, 7) is 8.93. The largest absolute Gasteiger partial charge is 0.493 e. The van der Waals surface area contributed by atoms with Gasteiger partial charge < -0.3 is 29.3 Å². The summed E-state index contributed by atoms with van der Waals surface area (Å²) in [5.41, 5.74) is 0.978. The molecule has 0 unspecified atom stereocenters. The predicted molar refractivity (Wildman–Crippen MR) is 132 cm³/mol. The number of carbonyl (C=O) groups excluding carboxylic acids is 1. The molecule has 0 radical (unpaired) electrons. The molecule has 9 heteroatoms. The molecule has 0 aliphatic heterocycles. The highest BCUT2D eigenvalue weighted by Gasteiger charge is 2.17. The van der Waals surface area contributed by atoms with Gasteiger partial charge in [0.25, 0.3) is 0 Å². The molecule has 0 saturated carbocycles. The van der Waals surface area contributed by atoms with Crippen LogP contribution in [0, 0.1) is 0 Å². The van der Waals surface area contributed by atoms with Crippen molar-refractivity contribution in [3.8, 4) is 17.2 Å². The minimum atomic E-state index is 0. The Balaban J connectivity index is 0.00000841. The average molecular weight is 536 g/mol. The van der Waals surface area contributed by atoms with Gasteiger partial charge in [0.05, 0.1) is 27.9 Å². The van der Waals surface area contributed by atoms with E-state index in [-0.39, 0.29) is 36.4 Å². The number of nitrogens with one attached hydrogen (secondary N) is 1. The van der Waals surface area contributed by atoms with Crippen LogP contribution in [0.25, 0.3) is 0 Å². The third-order valence-electron chi connectivity index (χ3n) is 4.61. The Hall–Kier alpha value is -1.91. The molecule has 0 aliphatic rings. The van der Waals surface area contributed by atoms with Gasteiger partial charge in [0.1, 0.15) is 0 Å². The van der Waals surface area contributed by atoms with Crippen LogP contribution in [0.5, 0.6) is 17.2 Å². The molecule has 1 N–H and O–H groups in total. The van der Waals surface area contributed by atoms with Gasteiger partial charge in [0.15, 0.2) is 17.5 Å². The van der Waals surface area contributed by atoms with E-state index in [0.717, 1.165) is 12.1 Å². The van der Waals surface area contributed by atoms with Gasteiger partial charge in [0.2, 0.25) is 11.7 Å². The molecular weight excluding hydrogens is 499 g/mol. The Labute approximate surface area is 198 Å². The smallest absolute Gasteiger partial charge is 0.242 e. The third-order valence-corrected chi connectivity index (χ3v) is 4.61. The molecule has 0 saturated heterocycles. The summed E-state index contributed by atoms with van der Waals surface area (Å²) in [6, 6.07) is 3.82. The van der Waals surface area contributed by atoms with Crippen molar-refractivity contribution in [3.63, 3.8) is 0 Å². The summed E-state index contributed by atoms with van der Waals surface area (Å²) < 4.78 is 16.3.